The van der Waals surface area contributed by atoms with Gasteiger partial charge in [0.1, 0.15) is 0 Å². The number of anilines is 1. The van der Waals surface area contributed by atoms with Gasteiger partial charge in [-0.1, -0.05) is 22.9 Å². The molecule has 6 heteroatoms. The molecular formula is C12H8ClN3OS. The molecule has 0 unspecified atom stereocenters. The number of hydrogen-bond donors (Lipinski definition) is 1. The lowest BCUT2D eigenvalue weighted by Gasteiger charge is -2.06. The Labute approximate surface area is 111 Å². The van der Waals surface area contributed by atoms with Gasteiger partial charge in [-0.3, -0.25) is 9.78 Å². The van der Waals surface area contributed by atoms with E-state index in [1.807, 2.05) is 13.0 Å². The SMILES string of the molecule is Cc1c(Cl)ccc2c1ncc1c(=O)nc(N)sc12. The Kier molecular flexibility index (Phi) is 2.46. The van der Waals surface area contributed by atoms with Crippen LogP contribution in [-0.2, 0) is 0 Å². The Morgan fingerprint density at radius 2 is 2.11 bits per heavy atom. The maximum absolute atomic E-state index is 11.7. The van der Waals surface area contributed by atoms with E-state index in [2.05, 4.69) is 9.97 Å². The first-order valence-electron chi connectivity index (χ1n) is 5.22. The minimum absolute atomic E-state index is 0.257. The van der Waals surface area contributed by atoms with Crippen molar-refractivity contribution in [3.05, 3.63) is 39.3 Å². The number of aromatic nitrogens is 2. The van der Waals surface area contributed by atoms with Gasteiger partial charge in [0.25, 0.3) is 5.56 Å². The average molecular weight is 278 g/mol. The fraction of sp³-hybridized carbons (Fsp3) is 0.0833. The van der Waals surface area contributed by atoms with Gasteiger partial charge >= 0.3 is 0 Å². The number of benzene rings is 1. The summed E-state index contributed by atoms with van der Waals surface area (Å²) in [6, 6.07) is 3.66. The van der Waals surface area contributed by atoms with Crippen LogP contribution in [0, 0.1) is 6.92 Å². The lowest BCUT2D eigenvalue weighted by atomic mass is 10.1. The van der Waals surface area contributed by atoms with Gasteiger partial charge in [-0.2, -0.15) is 4.98 Å². The Morgan fingerprint density at radius 1 is 1.33 bits per heavy atom. The number of aryl methyl sites for hydroxylation is 1. The maximum Gasteiger partial charge on any atom is 0.282 e. The van der Waals surface area contributed by atoms with Crippen LogP contribution in [0.25, 0.3) is 21.0 Å². The van der Waals surface area contributed by atoms with Crippen molar-refractivity contribution in [3.63, 3.8) is 0 Å². The molecule has 0 aliphatic carbocycles. The Balaban J connectivity index is 2.62. The Morgan fingerprint density at radius 3 is 2.89 bits per heavy atom. The Hall–Kier alpha value is -1.72. The van der Waals surface area contributed by atoms with Gasteiger partial charge in [0.2, 0.25) is 0 Å². The first kappa shape index (κ1) is 11.4. The summed E-state index contributed by atoms with van der Waals surface area (Å²) in [5.74, 6) is 0. The molecule has 18 heavy (non-hydrogen) atoms. The van der Waals surface area contributed by atoms with Gasteiger partial charge in [-0.05, 0) is 24.6 Å². The number of hydrogen-bond acceptors (Lipinski definition) is 5. The highest BCUT2D eigenvalue weighted by molar-refractivity contribution is 7.22. The van der Waals surface area contributed by atoms with Crippen LogP contribution < -0.4 is 11.3 Å². The van der Waals surface area contributed by atoms with E-state index >= 15 is 0 Å². The summed E-state index contributed by atoms with van der Waals surface area (Å²) in [7, 11) is 0. The quantitative estimate of drug-likeness (QED) is 0.642. The lowest BCUT2D eigenvalue weighted by molar-refractivity contribution is 1.30. The fourth-order valence-electron chi connectivity index (χ4n) is 1.91. The van der Waals surface area contributed by atoms with E-state index in [1.165, 1.54) is 17.5 Å². The predicted molar refractivity (Wildman–Crippen MR) is 75.4 cm³/mol. The second-order valence-corrected chi connectivity index (χ2v) is 5.36. The molecule has 0 saturated carbocycles. The van der Waals surface area contributed by atoms with Crippen molar-refractivity contribution in [2.45, 2.75) is 6.92 Å². The maximum atomic E-state index is 11.7. The topological polar surface area (TPSA) is 68.9 Å². The normalized spacial score (nSPS) is 11.2. The zero-order valence-corrected chi connectivity index (χ0v) is 11.0. The van der Waals surface area contributed by atoms with E-state index < -0.39 is 0 Å². The molecule has 0 spiro atoms. The number of pyridine rings is 1. The fourth-order valence-corrected chi connectivity index (χ4v) is 2.92. The molecule has 1 aromatic carbocycles. The van der Waals surface area contributed by atoms with E-state index in [1.54, 1.807) is 6.07 Å². The molecule has 0 aliphatic rings. The molecule has 0 amide bonds. The summed E-state index contributed by atoms with van der Waals surface area (Å²) in [5.41, 5.74) is 6.98. The van der Waals surface area contributed by atoms with Crippen molar-refractivity contribution >= 4 is 49.1 Å². The third-order valence-corrected chi connectivity index (χ3v) is 4.18. The largest absolute Gasteiger partial charge is 0.375 e. The highest BCUT2D eigenvalue weighted by Crippen LogP contribution is 2.31. The molecule has 2 aromatic heterocycles. The summed E-state index contributed by atoms with van der Waals surface area (Å²) in [6.07, 6.45) is 1.53. The number of fused-ring (bicyclic) bond motifs is 3. The number of halogens is 1. The molecule has 0 bridgehead atoms. The van der Waals surface area contributed by atoms with Crippen molar-refractivity contribution in [3.8, 4) is 0 Å². The molecule has 2 heterocycles. The monoisotopic (exact) mass is 277 g/mol. The van der Waals surface area contributed by atoms with Crippen molar-refractivity contribution in [2.75, 3.05) is 5.73 Å². The smallest absolute Gasteiger partial charge is 0.282 e. The minimum Gasteiger partial charge on any atom is -0.375 e. The standard InChI is InChI=1S/C12H8ClN3OS/c1-5-8(13)3-2-6-9(5)15-4-7-10(6)18-12(14)16-11(7)17/h2-4H,1H3,(H2,14,16,17). The van der Waals surface area contributed by atoms with Gasteiger partial charge in [-0.15, -0.1) is 0 Å². The third kappa shape index (κ3) is 1.55. The summed E-state index contributed by atoms with van der Waals surface area (Å²) >= 11 is 7.35. The van der Waals surface area contributed by atoms with Crippen molar-refractivity contribution in [1.29, 1.82) is 0 Å². The van der Waals surface area contributed by atoms with Gasteiger partial charge in [-0.25, -0.2) is 0 Å². The van der Waals surface area contributed by atoms with Crippen LogP contribution in [0.1, 0.15) is 5.56 Å². The molecule has 0 aliphatic heterocycles. The second-order valence-electron chi connectivity index (χ2n) is 3.93. The van der Waals surface area contributed by atoms with Crippen LogP contribution in [0.3, 0.4) is 0 Å². The number of nitrogen functional groups attached to an aromatic ring is 1. The molecule has 0 saturated heterocycles. The third-order valence-electron chi connectivity index (χ3n) is 2.83. The van der Waals surface area contributed by atoms with Crippen molar-refractivity contribution < 1.29 is 0 Å². The first-order chi connectivity index (χ1) is 8.58. The van der Waals surface area contributed by atoms with Crippen LogP contribution in [0.5, 0.6) is 0 Å². The molecule has 0 atom stereocenters. The van der Waals surface area contributed by atoms with Gasteiger partial charge in [0.15, 0.2) is 5.13 Å². The van der Waals surface area contributed by atoms with E-state index in [0.717, 1.165) is 21.2 Å². The van der Waals surface area contributed by atoms with Crippen LogP contribution in [0.15, 0.2) is 23.1 Å². The van der Waals surface area contributed by atoms with Crippen LogP contribution in [0.2, 0.25) is 5.02 Å². The summed E-state index contributed by atoms with van der Waals surface area (Å²) in [4.78, 5) is 19.8. The summed E-state index contributed by atoms with van der Waals surface area (Å²) in [6.45, 7) is 1.90. The number of rotatable bonds is 0. The summed E-state index contributed by atoms with van der Waals surface area (Å²) in [5, 5.41) is 2.28. The van der Waals surface area contributed by atoms with Crippen molar-refractivity contribution in [2.24, 2.45) is 0 Å². The zero-order chi connectivity index (χ0) is 12.9. The predicted octanol–water partition coefficient (Wildman–Crippen LogP) is 2.75. The van der Waals surface area contributed by atoms with E-state index in [9.17, 15) is 4.79 Å². The van der Waals surface area contributed by atoms with Crippen molar-refractivity contribution in [1.82, 2.24) is 9.97 Å². The number of nitrogens with zero attached hydrogens (tertiary/aromatic N) is 2. The highest BCUT2D eigenvalue weighted by Gasteiger charge is 2.10. The van der Waals surface area contributed by atoms with Crippen LogP contribution in [-0.4, -0.2) is 9.97 Å². The highest BCUT2D eigenvalue weighted by atomic mass is 35.5. The molecule has 2 N–H and O–H groups in total. The molecular weight excluding hydrogens is 270 g/mol. The molecule has 3 rings (SSSR count). The molecule has 0 fully saturated rings. The van der Waals surface area contributed by atoms with Gasteiger partial charge in [0.05, 0.1) is 15.6 Å². The first-order valence-corrected chi connectivity index (χ1v) is 6.41. The van der Waals surface area contributed by atoms with E-state index in [0.29, 0.717) is 10.4 Å². The summed E-state index contributed by atoms with van der Waals surface area (Å²) < 4.78 is 0.803. The number of nitrogens with two attached hydrogens (primary N) is 1. The molecule has 0 radical (unpaired) electrons. The van der Waals surface area contributed by atoms with Gasteiger partial charge in [0, 0.05) is 16.6 Å². The van der Waals surface area contributed by atoms with E-state index in [4.69, 9.17) is 17.3 Å². The second kappa shape index (κ2) is 3.90. The van der Waals surface area contributed by atoms with Crippen LogP contribution >= 0.6 is 22.9 Å². The molecule has 90 valence electrons. The van der Waals surface area contributed by atoms with Crippen LogP contribution in [0.4, 0.5) is 5.13 Å². The zero-order valence-electron chi connectivity index (χ0n) is 9.40. The van der Waals surface area contributed by atoms with E-state index in [-0.39, 0.29) is 10.7 Å². The average Bonchev–Trinajstić information content (AvgIpc) is 2.33. The molecule has 4 nitrogen and oxygen atoms in total. The van der Waals surface area contributed by atoms with Gasteiger partial charge < -0.3 is 5.73 Å². The Bertz CT molecular complexity index is 844. The minimum atomic E-state index is -0.344. The molecule has 3 aromatic rings. The lowest BCUT2D eigenvalue weighted by Crippen LogP contribution is -2.08.